The maximum atomic E-state index is 5.66. The maximum absolute atomic E-state index is 5.66. The van der Waals surface area contributed by atoms with Crippen molar-refractivity contribution in [2.45, 2.75) is 42.7 Å². The summed E-state index contributed by atoms with van der Waals surface area (Å²) in [4.78, 5) is 0.649. The van der Waals surface area contributed by atoms with Crippen molar-refractivity contribution in [2.75, 3.05) is 0 Å². The third-order valence-corrected chi connectivity index (χ3v) is 3.36. The van der Waals surface area contributed by atoms with Gasteiger partial charge in [-0.25, -0.2) is 0 Å². The van der Waals surface area contributed by atoms with Gasteiger partial charge in [-0.15, -0.1) is 0 Å². The zero-order valence-corrected chi connectivity index (χ0v) is 6.93. The first-order valence-corrected chi connectivity index (χ1v) is 4.57. The van der Waals surface area contributed by atoms with E-state index in [9.17, 15) is 0 Å². The van der Waals surface area contributed by atoms with Gasteiger partial charge in [0.05, 0.1) is 12.2 Å². The molecule has 2 heteroatoms. The predicted molar refractivity (Wildman–Crippen MR) is 39.8 cm³/mol. The molecule has 2 heterocycles. The number of fused-ring (bicyclic) bond motifs is 2. The molecule has 0 spiro atoms. The SMILES string of the molecule is BrC1CCC2CCC1O2. The quantitative estimate of drug-likeness (QED) is 0.532. The number of hydrogen-bond acceptors (Lipinski definition) is 1. The summed E-state index contributed by atoms with van der Waals surface area (Å²) < 4.78 is 5.66. The van der Waals surface area contributed by atoms with Gasteiger partial charge in [0.1, 0.15) is 0 Å². The van der Waals surface area contributed by atoms with Crippen LogP contribution in [0.4, 0.5) is 0 Å². The standard InChI is InChI=1S/C7H11BrO/c8-6-3-1-5-2-4-7(6)9-5/h5-7H,1-4H2. The number of alkyl halides is 1. The van der Waals surface area contributed by atoms with E-state index in [0.29, 0.717) is 17.0 Å². The van der Waals surface area contributed by atoms with Crippen LogP contribution in [0.25, 0.3) is 0 Å². The molecule has 3 unspecified atom stereocenters. The summed E-state index contributed by atoms with van der Waals surface area (Å²) in [6.45, 7) is 0. The highest BCUT2D eigenvalue weighted by Crippen LogP contribution is 2.35. The van der Waals surface area contributed by atoms with E-state index < -0.39 is 0 Å². The summed E-state index contributed by atoms with van der Waals surface area (Å²) in [5.74, 6) is 0. The van der Waals surface area contributed by atoms with Crippen LogP contribution in [0.1, 0.15) is 25.7 Å². The van der Waals surface area contributed by atoms with E-state index in [1.165, 1.54) is 25.7 Å². The van der Waals surface area contributed by atoms with Crippen LogP contribution in [-0.2, 0) is 4.74 Å². The summed E-state index contributed by atoms with van der Waals surface area (Å²) in [7, 11) is 0. The van der Waals surface area contributed by atoms with Crippen molar-refractivity contribution < 1.29 is 4.74 Å². The van der Waals surface area contributed by atoms with Crippen LogP contribution in [0.15, 0.2) is 0 Å². The van der Waals surface area contributed by atoms with E-state index >= 15 is 0 Å². The Bertz CT molecular complexity index is 115. The Morgan fingerprint density at radius 1 is 1.11 bits per heavy atom. The average Bonchev–Trinajstić information content (AvgIpc) is 2.25. The molecular weight excluding hydrogens is 180 g/mol. The van der Waals surface area contributed by atoms with Crippen LogP contribution in [0, 0.1) is 0 Å². The first-order valence-electron chi connectivity index (χ1n) is 3.66. The Morgan fingerprint density at radius 3 is 2.67 bits per heavy atom. The maximum Gasteiger partial charge on any atom is 0.0704 e. The molecule has 0 aromatic carbocycles. The molecule has 0 aliphatic carbocycles. The molecule has 1 nitrogen and oxygen atoms in total. The molecule has 2 aliphatic heterocycles. The van der Waals surface area contributed by atoms with Gasteiger partial charge in [-0.2, -0.15) is 0 Å². The van der Waals surface area contributed by atoms with Crippen LogP contribution in [0.2, 0.25) is 0 Å². The summed E-state index contributed by atoms with van der Waals surface area (Å²) in [5, 5.41) is 0. The average molecular weight is 191 g/mol. The van der Waals surface area contributed by atoms with Gasteiger partial charge in [0.15, 0.2) is 0 Å². The lowest BCUT2D eigenvalue weighted by Crippen LogP contribution is -2.27. The van der Waals surface area contributed by atoms with Gasteiger partial charge in [-0.3, -0.25) is 0 Å². The van der Waals surface area contributed by atoms with Gasteiger partial charge in [0.2, 0.25) is 0 Å². The van der Waals surface area contributed by atoms with Crippen molar-refractivity contribution in [1.82, 2.24) is 0 Å². The lowest BCUT2D eigenvalue weighted by molar-refractivity contribution is 0.0116. The molecule has 2 saturated heterocycles. The molecule has 52 valence electrons. The second-order valence-corrected chi connectivity index (χ2v) is 4.14. The fraction of sp³-hybridized carbons (Fsp3) is 1.00. The minimum absolute atomic E-state index is 0.545. The van der Waals surface area contributed by atoms with Gasteiger partial charge >= 0.3 is 0 Å². The van der Waals surface area contributed by atoms with Gasteiger partial charge < -0.3 is 4.74 Å². The highest BCUT2D eigenvalue weighted by molar-refractivity contribution is 9.09. The monoisotopic (exact) mass is 190 g/mol. The Hall–Kier alpha value is 0.440. The van der Waals surface area contributed by atoms with Crippen LogP contribution in [0.5, 0.6) is 0 Å². The van der Waals surface area contributed by atoms with Crippen molar-refractivity contribution in [3.8, 4) is 0 Å². The molecule has 3 atom stereocenters. The molecular formula is C7H11BrO. The molecule has 9 heavy (non-hydrogen) atoms. The Balaban J connectivity index is 2.05. The molecule has 2 aliphatic rings. The summed E-state index contributed by atoms with van der Waals surface area (Å²) >= 11 is 3.62. The van der Waals surface area contributed by atoms with E-state index in [1.807, 2.05) is 0 Å². The van der Waals surface area contributed by atoms with Crippen molar-refractivity contribution in [3.63, 3.8) is 0 Å². The Labute approximate surface area is 63.9 Å². The van der Waals surface area contributed by atoms with Gasteiger partial charge in [-0.1, -0.05) is 15.9 Å². The second-order valence-electron chi connectivity index (χ2n) is 2.97. The minimum atomic E-state index is 0.545. The largest absolute Gasteiger partial charge is 0.374 e. The third kappa shape index (κ3) is 1.03. The van der Waals surface area contributed by atoms with Gasteiger partial charge in [0.25, 0.3) is 0 Å². The summed E-state index contributed by atoms with van der Waals surface area (Å²) in [5.41, 5.74) is 0. The predicted octanol–water partition coefficient (Wildman–Crippen LogP) is 2.09. The molecule has 0 amide bonds. The number of rotatable bonds is 0. The van der Waals surface area contributed by atoms with Crippen LogP contribution in [-0.4, -0.2) is 17.0 Å². The Kier molecular flexibility index (Phi) is 1.54. The molecule has 2 fully saturated rings. The number of ether oxygens (including phenoxy) is 1. The molecule has 0 aromatic heterocycles. The Morgan fingerprint density at radius 2 is 1.89 bits per heavy atom. The summed E-state index contributed by atoms with van der Waals surface area (Å²) in [6, 6.07) is 0. The molecule has 0 N–H and O–H groups in total. The molecule has 0 aromatic rings. The van der Waals surface area contributed by atoms with E-state index in [-0.39, 0.29) is 0 Å². The van der Waals surface area contributed by atoms with Crippen molar-refractivity contribution >= 4 is 15.9 Å². The van der Waals surface area contributed by atoms with Crippen molar-refractivity contribution in [3.05, 3.63) is 0 Å². The number of halogens is 1. The fourth-order valence-corrected chi connectivity index (χ4v) is 2.40. The lowest BCUT2D eigenvalue weighted by Gasteiger charge is -2.24. The highest BCUT2D eigenvalue weighted by Gasteiger charge is 2.34. The third-order valence-electron chi connectivity index (χ3n) is 2.31. The zero-order chi connectivity index (χ0) is 6.27. The van der Waals surface area contributed by atoms with E-state index in [2.05, 4.69) is 15.9 Å². The molecule has 0 saturated carbocycles. The molecule has 0 radical (unpaired) electrons. The zero-order valence-electron chi connectivity index (χ0n) is 5.35. The van der Waals surface area contributed by atoms with E-state index in [0.717, 1.165) is 0 Å². The smallest absolute Gasteiger partial charge is 0.0704 e. The van der Waals surface area contributed by atoms with Crippen molar-refractivity contribution in [1.29, 1.82) is 0 Å². The first-order chi connectivity index (χ1) is 4.36. The minimum Gasteiger partial charge on any atom is -0.374 e. The summed E-state index contributed by atoms with van der Waals surface area (Å²) in [6.07, 6.45) is 6.32. The topological polar surface area (TPSA) is 9.23 Å². The van der Waals surface area contributed by atoms with E-state index in [4.69, 9.17) is 4.74 Å². The van der Waals surface area contributed by atoms with Gasteiger partial charge in [0, 0.05) is 4.83 Å². The van der Waals surface area contributed by atoms with Crippen molar-refractivity contribution in [2.24, 2.45) is 0 Å². The normalized spacial score (nSPS) is 49.7. The first kappa shape index (κ1) is 6.17. The van der Waals surface area contributed by atoms with E-state index in [1.54, 1.807) is 0 Å². The lowest BCUT2D eigenvalue weighted by atomic mass is 10.1. The number of hydrogen-bond donors (Lipinski definition) is 0. The fourth-order valence-electron chi connectivity index (χ4n) is 1.74. The van der Waals surface area contributed by atoms with Crippen LogP contribution < -0.4 is 0 Å². The second kappa shape index (κ2) is 2.24. The molecule has 2 rings (SSSR count). The van der Waals surface area contributed by atoms with Crippen LogP contribution >= 0.6 is 15.9 Å². The van der Waals surface area contributed by atoms with Gasteiger partial charge in [-0.05, 0) is 25.7 Å². The van der Waals surface area contributed by atoms with Crippen LogP contribution in [0.3, 0.4) is 0 Å². The highest BCUT2D eigenvalue weighted by atomic mass is 79.9. The molecule has 2 bridgehead atoms.